The lowest BCUT2D eigenvalue weighted by molar-refractivity contribution is 0.0515. The van der Waals surface area contributed by atoms with Crippen LogP contribution in [0.1, 0.15) is 23.0 Å². The summed E-state index contributed by atoms with van der Waals surface area (Å²) in [6.45, 7) is 2.77. The lowest BCUT2D eigenvalue weighted by Crippen LogP contribution is -2.13. The number of esters is 1. The Morgan fingerprint density at radius 3 is 2.42 bits per heavy atom. The summed E-state index contributed by atoms with van der Waals surface area (Å²) in [6, 6.07) is 19.4. The predicted molar refractivity (Wildman–Crippen MR) is 96.4 cm³/mol. The summed E-state index contributed by atoms with van der Waals surface area (Å²) in [6.07, 6.45) is 1.92. The first-order chi connectivity index (χ1) is 11.7. The van der Waals surface area contributed by atoms with Gasteiger partial charge in [0, 0.05) is 23.3 Å². The fourth-order valence-electron chi connectivity index (χ4n) is 2.67. The van der Waals surface area contributed by atoms with Gasteiger partial charge in [-0.2, -0.15) is 0 Å². The van der Waals surface area contributed by atoms with E-state index in [0.29, 0.717) is 23.9 Å². The van der Waals surface area contributed by atoms with Crippen LogP contribution in [-0.2, 0) is 11.3 Å². The van der Waals surface area contributed by atoms with Crippen LogP contribution in [-0.4, -0.2) is 17.1 Å². The summed E-state index contributed by atoms with van der Waals surface area (Å²) >= 11 is 5.97. The zero-order valence-corrected chi connectivity index (χ0v) is 14.2. The molecule has 0 radical (unpaired) electrons. The molecule has 0 atom stereocenters. The smallest absolute Gasteiger partial charge is 0.355 e. The number of nitrogens with zero attached hydrogens (tertiary/aromatic N) is 1. The summed E-state index contributed by atoms with van der Waals surface area (Å²) in [5.74, 6) is -0.316. The molecule has 3 rings (SSSR count). The molecule has 0 amide bonds. The molecule has 1 heterocycles. The van der Waals surface area contributed by atoms with Crippen molar-refractivity contribution in [1.82, 2.24) is 4.57 Å². The number of hydrogen-bond acceptors (Lipinski definition) is 2. The molecule has 0 aliphatic heterocycles. The fraction of sp³-hybridized carbons (Fsp3) is 0.150. The summed E-state index contributed by atoms with van der Waals surface area (Å²) in [5, 5.41) is 0.667. The van der Waals surface area contributed by atoms with Gasteiger partial charge in [0.2, 0.25) is 0 Å². The summed E-state index contributed by atoms with van der Waals surface area (Å²) < 4.78 is 7.19. The Morgan fingerprint density at radius 1 is 1.04 bits per heavy atom. The van der Waals surface area contributed by atoms with E-state index in [9.17, 15) is 4.79 Å². The number of ether oxygens (including phenoxy) is 1. The van der Waals surface area contributed by atoms with Crippen molar-refractivity contribution < 1.29 is 9.53 Å². The van der Waals surface area contributed by atoms with Crippen molar-refractivity contribution in [2.24, 2.45) is 0 Å². The maximum absolute atomic E-state index is 12.5. The van der Waals surface area contributed by atoms with Gasteiger partial charge in [0.05, 0.1) is 6.61 Å². The third kappa shape index (κ3) is 3.52. The van der Waals surface area contributed by atoms with Gasteiger partial charge in [-0.15, -0.1) is 0 Å². The van der Waals surface area contributed by atoms with E-state index in [4.69, 9.17) is 16.3 Å². The van der Waals surface area contributed by atoms with Crippen LogP contribution in [0.15, 0.2) is 66.9 Å². The van der Waals surface area contributed by atoms with E-state index in [1.165, 1.54) is 0 Å². The third-order valence-corrected chi connectivity index (χ3v) is 4.04. The van der Waals surface area contributed by atoms with Crippen molar-refractivity contribution in [3.63, 3.8) is 0 Å². The van der Waals surface area contributed by atoms with Gasteiger partial charge in [0.25, 0.3) is 0 Å². The Hall–Kier alpha value is -2.52. The molecule has 0 N–H and O–H groups in total. The highest BCUT2D eigenvalue weighted by molar-refractivity contribution is 6.30. The van der Waals surface area contributed by atoms with Crippen LogP contribution in [0, 0.1) is 0 Å². The molecule has 0 unspecified atom stereocenters. The first-order valence-electron chi connectivity index (χ1n) is 7.85. The summed E-state index contributed by atoms with van der Waals surface area (Å²) in [5.41, 5.74) is 3.47. The van der Waals surface area contributed by atoms with Crippen LogP contribution in [0.2, 0.25) is 5.02 Å². The van der Waals surface area contributed by atoms with Crippen LogP contribution < -0.4 is 0 Å². The number of carbonyl (C=O) groups excluding carboxylic acids is 1. The highest BCUT2D eigenvalue weighted by Crippen LogP contribution is 2.27. The van der Waals surface area contributed by atoms with Gasteiger partial charge in [-0.3, -0.25) is 0 Å². The number of benzene rings is 2. The Morgan fingerprint density at radius 2 is 1.75 bits per heavy atom. The zero-order valence-electron chi connectivity index (χ0n) is 13.4. The van der Waals surface area contributed by atoms with Crippen molar-refractivity contribution in [1.29, 1.82) is 0 Å². The molecule has 3 aromatic rings. The second-order valence-corrected chi connectivity index (χ2v) is 5.86. The van der Waals surface area contributed by atoms with E-state index in [-0.39, 0.29) is 5.97 Å². The number of rotatable bonds is 5. The van der Waals surface area contributed by atoms with E-state index < -0.39 is 0 Å². The lowest BCUT2D eigenvalue weighted by atomic mass is 10.1. The Balaban J connectivity index is 2.03. The molecule has 0 bridgehead atoms. The average molecular weight is 340 g/mol. The molecule has 0 saturated carbocycles. The summed E-state index contributed by atoms with van der Waals surface area (Å²) in [7, 11) is 0. The highest BCUT2D eigenvalue weighted by Gasteiger charge is 2.19. The Labute approximate surface area is 146 Å². The number of hydrogen-bond donors (Lipinski definition) is 0. The van der Waals surface area contributed by atoms with Crippen LogP contribution in [0.4, 0.5) is 0 Å². The molecule has 0 aliphatic rings. The van der Waals surface area contributed by atoms with Gasteiger partial charge in [-0.25, -0.2) is 4.79 Å². The molecular formula is C20H18ClNO2. The van der Waals surface area contributed by atoms with Crippen molar-refractivity contribution >= 4 is 17.6 Å². The summed E-state index contributed by atoms with van der Waals surface area (Å²) in [4.78, 5) is 12.5. The van der Waals surface area contributed by atoms with Crippen LogP contribution >= 0.6 is 11.6 Å². The van der Waals surface area contributed by atoms with E-state index in [0.717, 1.165) is 16.7 Å². The Bertz CT molecular complexity index is 823. The van der Waals surface area contributed by atoms with Gasteiger partial charge in [0.1, 0.15) is 5.69 Å². The van der Waals surface area contributed by atoms with Gasteiger partial charge in [-0.05, 0) is 36.2 Å². The SMILES string of the molecule is CCOC(=O)c1c(-c2ccc(Cl)cc2)ccn1Cc1ccccc1. The number of halogens is 1. The average Bonchev–Trinajstić information content (AvgIpc) is 3.00. The maximum atomic E-state index is 12.5. The lowest BCUT2D eigenvalue weighted by Gasteiger charge is -2.11. The van der Waals surface area contributed by atoms with Crippen molar-refractivity contribution in [3.05, 3.63) is 83.1 Å². The largest absolute Gasteiger partial charge is 0.461 e. The molecule has 4 heteroatoms. The fourth-order valence-corrected chi connectivity index (χ4v) is 2.80. The minimum atomic E-state index is -0.316. The molecule has 1 aromatic heterocycles. The minimum absolute atomic E-state index is 0.316. The van der Waals surface area contributed by atoms with E-state index >= 15 is 0 Å². The molecular weight excluding hydrogens is 322 g/mol. The molecule has 24 heavy (non-hydrogen) atoms. The van der Waals surface area contributed by atoms with Crippen LogP contribution in [0.25, 0.3) is 11.1 Å². The predicted octanol–water partition coefficient (Wildman–Crippen LogP) is 5.03. The van der Waals surface area contributed by atoms with Crippen molar-refractivity contribution in [2.75, 3.05) is 6.61 Å². The monoisotopic (exact) mass is 339 g/mol. The van der Waals surface area contributed by atoms with E-state index in [1.807, 2.05) is 78.4 Å². The first-order valence-corrected chi connectivity index (χ1v) is 8.23. The molecule has 122 valence electrons. The minimum Gasteiger partial charge on any atom is -0.461 e. The molecule has 0 spiro atoms. The normalized spacial score (nSPS) is 10.6. The second kappa shape index (κ2) is 7.37. The topological polar surface area (TPSA) is 31.2 Å². The first kappa shape index (κ1) is 16.3. The van der Waals surface area contributed by atoms with Gasteiger partial charge in [-0.1, -0.05) is 54.1 Å². The molecule has 0 fully saturated rings. The van der Waals surface area contributed by atoms with E-state index in [1.54, 1.807) is 0 Å². The van der Waals surface area contributed by atoms with Crippen LogP contribution in [0.5, 0.6) is 0 Å². The van der Waals surface area contributed by atoms with Crippen molar-refractivity contribution in [2.45, 2.75) is 13.5 Å². The van der Waals surface area contributed by atoms with Gasteiger partial charge >= 0.3 is 5.97 Å². The molecule has 0 saturated heterocycles. The number of aromatic nitrogens is 1. The molecule has 0 aliphatic carbocycles. The molecule has 3 nitrogen and oxygen atoms in total. The zero-order chi connectivity index (χ0) is 16.9. The number of carbonyl (C=O) groups is 1. The third-order valence-electron chi connectivity index (χ3n) is 3.78. The van der Waals surface area contributed by atoms with Gasteiger partial charge < -0.3 is 9.30 Å². The molecule has 2 aromatic carbocycles. The Kier molecular flexibility index (Phi) is 5.02. The van der Waals surface area contributed by atoms with Crippen molar-refractivity contribution in [3.8, 4) is 11.1 Å². The van der Waals surface area contributed by atoms with Gasteiger partial charge in [0.15, 0.2) is 0 Å². The maximum Gasteiger partial charge on any atom is 0.355 e. The highest BCUT2D eigenvalue weighted by atomic mass is 35.5. The van der Waals surface area contributed by atoms with E-state index in [2.05, 4.69) is 0 Å². The van der Waals surface area contributed by atoms with Crippen LogP contribution in [0.3, 0.4) is 0 Å². The second-order valence-electron chi connectivity index (χ2n) is 5.42. The standard InChI is InChI=1S/C20H18ClNO2/c1-2-24-20(23)19-18(16-8-10-17(21)11-9-16)12-13-22(19)14-15-6-4-3-5-7-15/h3-13H,2,14H2,1H3. The quantitative estimate of drug-likeness (QED) is 0.610.